The number of hydrogen-bond donors (Lipinski definition) is 0. The summed E-state index contributed by atoms with van der Waals surface area (Å²) in [5.41, 5.74) is 0.654. The standard InChI is InChI=1S/C13H15N3O2/c1-3-16-13(14-9-15-16)8-12(17)10-4-6-11(18-2)7-5-10/h4-7,9H,3,8H2,1-2H3. The summed E-state index contributed by atoms with van der Waals surface area (Å²) in [5.74, 6) is 1.46. The fraction of sp³-hybridized carbons (Fsp3) is 0.308. The maximum absolute atomic E-state index is 12.1. The number of ketones is 1. The van der Waals surface area contributed by atoms with Crippen LogP contribution in [-0.2, 0) is 13.0 Å². The summed E-state index contributed by atoms with van der Waals surface area (Å²) in [6, 6.07) is 7.07. The van der Waals surface area contributed by atoms with E-state index in [2.05, 4.69) is 10.1 Å². The second-order valence-corrected chi connectivity index (χ2v) is 3.82. The summed E-state index contributed by atoms with van der Waals surface area (Å²) < 4.78 is 6.78. The van der Waals surface area contributed by atoms with Crippen LogP contribution < -0.4 is 4.74 Å². The second-order valence-electron chi connectivity index (χ2n) is 3.82. The Morgan fingerprint density at radius 1 is 1.33 bits per heavy atom. The number of ether oxygens (including phenoxy) is 1. The van der Waals surface area contributed by atoms with Gasteiger partial charge >= 0.3 is 0 Å². The molecule has 18 heavy (non-hydrogen) atoms. The Labute approximate surface area is 105 Å². The molecule has 1 heterocycles. The highest BCUT2D eigenvalue weighted by atomic mass is 16.5. The van der Waals surface area contributed by atoms with Crippen molar-refractivity contribution in [3.8, 4) is 5.75 Å². The van der Waals surface area contributed by atoms with Crippen LogP contribution in [0.5, 0.6) is 5.75 Å². The molecule has 0 bridgehead atoms. The maximum atomic E-state index is 12.1. The van der Waals surface area contributed by atoms with E-state index in [0.717, 1.165) is 5.75 Å². The fourth-order valence-electron chi connectivity index (χ4n) is 1.71. The number of benzene rings is 1. The predicted molar refractivity (Wildman–Crippen MR) is 66.7 cm³/mol. The van der Waals surface area contributed by atoms with Gasteiger partial charge in [0.15, 0.2) is 5.78 Å². The summed E-state index contributed by atoms with van der Waals surface area (Å²) in [4.78, 5) is 16.2. The van der Waals surface area contributed by atoms with Crippen LogP contribution in [0.1, 0.15) is 23.1 Å². The molecule has 0 saturated heterocycles. The number of hydrogen-bond acceptors (Lipinski definition) is 4. The third-order valence-electron chi connectivity index (χ3n) is 2.73. The maximum Gasteiger partial charge on any atom is 0.170 e. The van der Waals surface area contributed by atoms with Crippen molar-refractivity contribution in [3.63, 3.8) is 0 Å². The quantitative estimate of drug-likeness (QED) is 0.753. The van der Waals surface area contributed by atoms with Crippen molar-refractivity contribution in [3.05, 3.63) is 42.0 Å². The van der Waals surface area contributed by atoms with E-state index in [-0.39, 0.29) is 12.2 Å². The first kappa shape index (κ1) is 12.3. The number of nitrogens with zero attached hydrogens (tertiary/aromatic N) is 3. The van der Waals surface area contributed by atoms with E-state index in [1.807, 2.05) is 6.92 Å². The molecule has 0 aliphatic carbocycles. The van der Waals surface area contributed by atoms with Crippen LogP contribution in [0.3, 0.4) is 0 Å². The van der Waals surface area contributed by atoms with Crippen LogP contribution in [-0.4, -0.2) is 27.7 Å². The minimum atomic E-state index is 0.0281. The molecular formula is C13H15N3O2. The topological polar surface area (TPSA) is 57.0 Å². The van der Waals surface area contributed by atoms with Crippen LogP contribution in [0.4, 0.5) is 0 Å². The minimum Gasteiger partial charge on any atom is -0.497 e. The van der Waals surface area contributed by atoms with Crippen molar-refractivity contribution in [1.82, 2.24) is 14.8 Å². The predicted octanol–water partition coefficient (Wildman–Crippen LogP) is 1.73. The van der Waals surface area contributed by atoms with Gasteiger partial charge in [-0.25, -0.2) is 9.67 Å². The van der Waals surface area contributed by atoms with Crippen LogP contribution in [0, 0.1) is 0 Å². The Morgan fingerprint density at radius 3 is 2.67 bits per heavy atom. The molecule has 94 valence electrons. The molecule has 0 fully saturated rings. The van der Waals surface area contributed by atoms with Gasteiger partial charge in [-0.3, -0.25) is 4.79 Å². The Morgan fingerprint density at radius 2 is 2.06 bits per heavy atom. The largest absolute Gasteiger partial charge is 0.497 e. The van der Waals surface area contributed by atoms with E-state index in [1.165, 1.54) is 6.33 Å². The number of aromatic nitrogens is 3. The van der Waals surface area contributed by atoms with Crippen LogP contribution in [0.25, 0.3) is 0 Å². The zero-order chi connectivity index (χ0) is 13.0. The lowest BCUT2D eigenvalue weighted by Gasteiger charge is -2.04. The van der Waals surface area contributed by atoms with E-state index in [0.29, 0.717) is 17.9 Å². The first-order valence-corrected chi connectivity index (χ1v) is 5.78. The molecule has 1 aromatic heterocycles. The van der Waals surface area contributed by atoms with Crippen molar-refractivity contribution in [2.24, 2.45) is 0 Å². The Hall–Kier alpha value is -2.17. The highest BCUT2D eigenvalue weighted by molar-refractivity contribution is 5.97. The number of rotatable bonds is 5. The van der Waals surface area contributed by atoms with E-state index in [4.69, 9.17) is 4.74 Å². The van der Waals surface area contributed by atoms with Crippen molar-refractivity contribution < 1.29 is 9.53 Å². The lowest BCUT2D eigenvalue weighted by atomic mass is 10.1. The normalized spacial score (nSPS) is 10.3. The molecule has 0 saturated carbocycles. The van der Waals surface area contributed by atoms with Crippen LogP contribution in [0.2, 0.25) is 0 Å². The van der Waals surface area contributed by atoms with Gasteiger partial charge in [0.1, 0.15) is 17.9 Å². The van der Waals surface area contributed by atoms with Crippen LogP contribution >= 0.6 is 0 Å². The van der Waals surface area contributed by atoms with Gasteiger partial charge in [-0.1, -0.05) is 0 Å². The van der Waals surface area contributed by atoms with Gasteiger partial charge in [-0.2, -0.15) is 5.10 Å². The summed E-state index contributed by atoms with van der Waals surface area (Å²) in [6.07, 6.45) is 1.74. The number of carbonyl (C=O) groups excluding carboxylic acids is 1. The molecule has 1 aromatic carbocycles. The minimum absolute atomic E-state index is 0.0281. The van der Waals surface area contributed by atoms with E-state index < -0.39 is 0 Å². The molecule has 0 unspecified atom stereocenters. The molecular weight excluding hydrogens is 230 g/mol. The summed E-state index contributed by atoms with van der Waals surface area (Å²) in [7, 11) is 1.60. The lowest BCUT2D eigenvalue weighted by molar-refractivity contribution is 0.0989. The number of carbonyl (C=O) groups is 1. The number of methoxy groups -OCH3 is 1. The van der Waals surface area contributed by atoms with Crippen molar-refractivity contribution >= 4 is 5.78 Å². The fourth-order valence-corrected chi connectivity index (χ4v) is 1.71. The van der Waals surface area contributed by atoms with Crippen molar-refractivity contribution in [2.75, 3.05) is 7.11 Å². The zero-order valence-electron chi connectivity index (χ0n) is 10.5. The summed E-state index contributed by atoms with van der Waals surface area (Å²) >= 11 is 0. The number of Topliss-reactive ketones (excluding diaryl/α,β-unsaturated/α-hetero) is 1. The Kier molecular flexibility index (Phi) is 3.72. The molecule has 0 aliphatic rings. The monoisotopic (exact) mass is 245 g/mol. The van der Waals surface area contributed by atoms with Crippen LogP contribution in [0.15, 0.2) is 30.6 Å². The lowest BCUT2D eigenvalue weighted by Crippen LogP contribution is -2.10. The zero-order valence-corrected chi connectivity index (χ0v) is 10.5. The average molecular weight is 245 g/mol. The molecule has 0 spiro atoms. The van der Waals surface area contributed by atoms with Gasteiger partial charge in [0.2, 0.25) is 0 Å². The highest BCUT2D eigenvalue weighted by Crippen LogP contribution is 2.13. The molecule has 5 nitrogen and oxygen atoms in total. The van der Waals surface area contributed by atoms with Gasteiger partial charge < -0.3 is 4.74 Å². The smallest absolute Gasteiger partial charge is 0.170 e. The Bertz CT molecular complexity index is 531. The van der Waals surface area contributed by atoms with E-state index in [9.17, 15) is 4.79 Å². The molecule has 0 amide bonds. The van der Waals surface area contributed by atoms with Gasteiger partial charge in [-0.05, 0) is 31.2 Å². The average Bonchev–Trinajstić information content (AvgIpc) is 2.86. The van der Waals surface area contributed by atoms with E-state index in [1.54, 1.807) is 36.1 Å². The van der Waals surface area contributed by atoms with Gasteiger partial charge in [0.25, 0.3) is 0 Å². The second kappa shape index (κ2) is 5.44. The van der Waals surface area contributed by atoms with E-state index >= 15 is 0 Å². The van der Waals surface area contributed by atoms with Gasteiger partial charge in [0.05, 0.1) is 13.5 Å². The first-order valence-electron chi connectivity index (χ1n) is 5.78. The Balaban J connectivity index is 2.11. The summed E-state index contributed by atoms with van der Waals surface area (Å²) in [6.45, 7) is 2.68. The molecule has 0 radical (unpaired) electrons. The molecule has 0 N–H and O–H groups in total. The third-order valence-corrected chi connectivity index (χ3v) is 2.73. The summed E-state index contributed by atoms with van der Waals surface area (Å²) in [5, 5.41) is 4.04. The van der Waals surface area contributed by atoms with Crippen molar-refractivity contribution in [2.45, 2.75) is 19.9 Å². The molecule has 0 aliphatic heterocycles. The first-order chi connectivity index (χ1) is 8.74. The molecule has 5 heteroatoms. The number of aryl methyl sites for hydroxylation is 1. The molecule has 2 aromatic rings. The van der Waals surface area contributed by atoms with Gasteiger partial charge in [0, 0.05) is 12.1 Å². The molecule has 0 atom stereocenters. The molecule has 2 rings (SSSR count). The highest BCUT2D eigenvalue weighted by Gasteiger charge is 2.11. The van der Waals surface area contributed by atoms with Gasteiger partial charge in [-0.15, -0.1) is 0 Å². The SMILES string of the molecule is CCn1ncnc1CC(=O)c1ccc(OC)cc1. The third kappa shape index (κ3) is 2.56. The van der Waals surface area contributed by atoms with Crippen molar-refractivity contribution in [1.29, 1.82) is 0 Å².